The molecular formula is C25H21Br2ClN2OS2. The van der Waals surface area contributed by atoms with E-state index < -0.39 is 0 Å². The molecule has 0 aliphatic heterocycles. The number of anilines is 1. The van der Waals surface area contributed by atoms with E-state index in [9.17, 15) is 4.79 Å². The van der Waals surface area contributed by atoms with Gasteiger partial charge in [-0.25, -0.2) is 0 Å². The maximum Gasteiger partial charge on any atom is 0.259 e. The lowest BCUT2D eigenvalue weighted by Crippen LogP contribution is -3.00. The number of halogens is 3. The number of aryl methyl sites for hydroxylation is 2. The van der Waals surface area contributed by atoms with E-state index >= 15 is 0 Å². The molecule has 0 unspecified atom stereocenters. The fraction of sp³-hybridized carbons (Fsp3) is 0.120. The zero-order chi connectivity index (χ0) is 22.8. The van der Waals surface area contributed by atoms with E-state index in [4.69, 9.17) is 17.3 Å². The second-order valence-corrected chi connectivity index (χ2v) is 11.1. The summed E-state index contributed by atoms with van der Waals surface area (Å²) in [5, 5.41) is 0.595. The molecule has 2 aromatic carbocycles. The van der Waals surface area contributed by atoms with Gasteiger partial charge >= 0.3 is 0 Å². The van der Waals surface area contributed by atoms with Crippen LogP contribution in [-0.4, -0.2) is 5.78 Å². The molecule has 0 bridgehead atoms. The van der Waals surface area contributed by atoms with E-state index in [1.165, 1.54) is 16.9 Å². The number of carbonyl (C=O) groups is 1. The van der Waals surface area contributed by atoms with Gasteiger partial charge in [0.05, 0.1) is 0 Å². The standard InChI is InChI=1S/C25H20BrClN2OS2.BrH/c1-15-11-16(2)13-29(12-15)22-21(28)24(23(30)18-5-9-20(27)10-6-18)32-25(22)31-14-17-3-7-19(26)8-4-17;/h3-13H,14H2,1-2H3,(H-,28,30);1H. The van der Waals surface area contributed by atoms with Gasteiger partial charge in [-0.1, -0.05) is 39.7 Å². The molecule has 2 heterocycles. The zero-order valence-electron chi connectivity index (χ0n) is 17.9. The van der Waals surface area contributed by atoms with Crippen LogP contribution in [0, 0.1) is 13.8 Å². The van der Waals surface area contributed by atoms with E-state index in [1.54, 1.807) is 36.0 Å². The average molecular weight is 625 g/mol. The largest absolute Gasteiger partial charge is 1.00 e. The number of nitrogen functional groups attached to an aromatic ring is 1. The summed E-state index contributed by atoms with van der Waals surface area (Å²) in [4.78, 5) is 13.8. The smallest absolute Gasteiger partial charge is 0.259 e. The Kier molecular flexibility index (Phi) is 8.81. The van der Waals surface area contributed by atoms with Crippen LogP contribution in [0.4, 0.5) is 5.69 Å². The highest BCUT2D eigenvalue weighted by Crippen LogP contribution is 2.41. The van der Waals surface area contributed by atoms with Crippen LogP contribution >= 0.6 is 50.6 Å². The molecule has 0 radical (unpaired) electrons. The molecule has 0 amide bonds. The maximum atomic E-state index is 13.3. The minimum absolute atomic E-state index is 0. The lowest BCUT2D eigenvalue weighted by Gasteiger charge is -2.03. The number of pyridine rings is 1. The second kappa shape index (κ2) is 11.2. The summed E-state index contributed by atoms with van der Waals surface area (Å²) < 4.78 is 4.10. The van der Waals surface area contributed by atoms with Gasteiger partial charge < -0.3 is 22.7 Å². The van der Waals surface area contributed by atoms with Crippen molar-refractivity contribution in [2.24, 2.45) is 0 Å². The molecule has 0 aliphatic rings. The van der Waals surface area contributed by atoms with Crippen molar-refractivity contribution in [1.82, 2.24) is 0 Å². The lowest BCUT2D eigenvalue weighted by atomic mass is 10.1. The number of ketones is 1. The van der Waals surface area contributed by atoms with Gasteiger partial charge in [0, 0.05) is 31.9 Å². The number of rotatable bonds is 6. The van der Waals surface area contributed by atoms with Crippen molar-refractivity contribution in [1.29, 1.82) is 0 Å². The van der Waals surface area contributed by atoms with Crippen molar-refractivity contribution < 1.29 is 26.3 Å². The highest BCUT2D eigenvalue weighted by Gasteiger charge is 2.29. The molecule has 0 fully saturated rings. The van der Waals surface area contributed by atoms with Gasteiger partial charge in [-0.15, -0.1) is 23.1 Å². The van der Waals surface area contributed by atoms with Crippen molar-refractivity contribution in [3.05, 3.63) is 104 Å². The minimum atomic E-state index is -0.0918. The van der Waals surface area contributed by atoms with Gasteiger partial charge in [0.25, 0.3) is 5.69 Å². The number of nitrogens with two attached hydrogens (primary N) is 1. The molecule has 33 heavy (non-hydrogen) atoms. The average Bonchev–Trinajstić information content (AvgIpc) is 3.09. The number of aromatic nitrogens is 1. The third-order valence-corrected chi connectivity index (χ3v) is 8.19. The quantitative estimate of drug-likeness (QED) is 0.199. The van der Waals surface area contributed by atoms with Crippen LogP contribution in [0.3, 0.4) is 0 Å². The molecule has 170 valence electrons. The topological polar surface area (TPSA) is 47.0 Å². The summed E-state index contributed by atoms with van der Waals surface area (Å²) in [6.07, 6.45) is 4.09. The summed E-state index contributed by atoms with van der Waals surface area (Å²) in [7, 11) is 0. The summed E-state index contributed by atoms with van der Waals surface area (Å²) in [5.74, 6) is 0.686. The van der Waals surface area contributed by atoms with Crippen LogP contribution in [-0.2, 0) is 5.75 Å². The molecule has 0 saturated heterocycles. The maximum absolute atomic E-state index is 13.3. The summed E-state index contributed by atoms with van der Waals surface area (Å²) in [6, 6.07) is 17.3. The Morgan fingerprint density at radius 3 is 2.27 bits per heavy atom. The molecule has 8 heteroatoms. The highest BCUT2D eigenvalue weighted by atomic mass is 79.9. The number of hydrogen-bond acceptors (Lipinski definition) is 4. The van der Waals surface area contributed by atoms with E-state index in [-0.39, 0.29) is 22.8 Å². The van der Waals surface area contributed by atoms with E-state index in [2.05, 4.69) is 48.0 Å². The number of carbonyl (C=O) groups excluding carboxylic acids is 1. The van der Waals surface area contributed by atoms with E-state index in [0.717, 1.165) is 31.2 Å². The van der Waals surface area contributed by atoms with Crippen LogP contribution < -0.4 is 27.3 Å². The predicted octanol–water partition coefficient (Wildman–Crippen LogP) is 4.17. The molecule has 3 nitrogen and oxygen atoms in total. The van der Waals surface area contributed by atoms with Crippen molar-refractivity contribution in [2.45, 2.75) is 23.8 Å². The first-order valence-electron chi connectivity index (χ1n) is 9.91. The molecule has 0 atom stereocenters. The Morgan fingerprint density at radius 2 is 1.67 bits per heavy atom. The van der Waals surface area contributed by atoms with Gasteiger partial charge in [0.15, 0.2) is 12.4 Å². The van der Waals surface area contributed by atoms with Crippen molar-refractivity contribution in [3.63, 3.8) is 0 Å². The van der Waals surface area contributed by atoms with Gasteiger partial charge in [0.1, 0.15) is 14.8 Å². The van der Waals surface area contributed by atoms with Gasteiger partial charge in [-0.2, -0.15) is 4.57 Å². The Morgan fingerprint density at radius 1 is 1.06 bits per heavy atom. The SMILES string of the molecule is Cc1cc(C)c[n+](-c2c(SCc3ccc(Br)cc3)sc(C(=O)c3ccc(Cl)cc3)c2N)c1.[Br-]. The van der Waals surface area contributed by atoms with Crippen LogP contribution in [0.5, 0.6) is 0 Å². The van der Waals surface area contributed by atoms with Crippen molar-refractivity contribution >= 4 is 62.1 Å². The molecule has 4 aromatic rings. The number of thioether (sulfide) groups is 1. The first-order valence-corrected chi connectivity index (χ1v) is 12.9. The highest BCUT2D eigenvalue weighted by molar-refractivity contribution is 9.10. The zero-order valence-corrected chi connectivity index (χ0v) is 23.5. The Balaban J connectivity index is 0.00000306. The Hall–Kier alpha value is -1.64. The monoisotopic (exact) mass is 622 g/mol. The molecular weight excluding hydrogens is 604 g/mol. The number of hydrogen-bond donors (Lipinski definition) is 1. The number of nitrogens with zero attached hydrogens (tertiary/aromatic N) is 1. The first-order chi connectivity index (χ1) is 15.3. The molecule has 0 saturated carbocycles. The Labute approximate surface area is 225 Å². The molecule has 0 aliphatic carbocycles. The van der Waals surface area contributed by atoms with Gasteiger partial charge in [-0.05, 0) is 61.9 Å². The molecule has 2 N–H and O–H groups in total. The fourth-order valence-electron chi connectivity index (χ4n) is 3.43. The third kappa shape index (κ3) is 6.08. The van der Waals surface area contributed by atoms with Crippen LogP contribution in [0.25, 0.3) is 5.69 Å². The fourth-order valence-corrected chi connectivity index (χ4v) is 6.23. The van der Waals surface area contributed by atoms with Crippen LogP contribution in [0.1, 0.15) is 31.9 Å². The van der Waals surface area contributed by atoms with Gasteiger partial charge in [-0.3, -0.25) is 4.79 Å². The number of benzene rings is 2. The van der Waals surface area contributed by atoms with Gasteiger partial charge in [0.2, 0.25) is 5.78 Å². The summed E-state index contributed by atoms with van der Waals surface area (Å²) >= 11 is 12.6. The number of thiophene rings is 1. The normalized spacial score (nSPS) is 10.7. The Bertz CT molecular complexity index is 1270. The third-order valence-electron chi connectivity index (χ3n) is 4.88. The summed E-state index contributed by atoms with van der Waals surface area (Å²) in [5.41, 5.74) is 12.0. The predicted molar refractivity (Wildman–Crippen MR) is 138 cm³/mol. The molecule has 4 rings (SSSR count). The van der Waals surface area contributed by atoms with Crippen LogP contribution in [0.15, 0.2) is 75.7 Å². The van der Waals surface area contributed by atoms with E-state index in [0.29, 0.717) is 21.2 Å². The van der Waals surface area contributed by atoms with Crippen LogP contribution in [0.2, 0.25) is 5.02 Å². The van der Waals surface area contributed by atoms with E-state index in [1.807, 2.05) is 29.1 Å². The first kappa shape index (κ1) is 26.0. The molecule has 2 aromatic heterocycles. The second-order valence-electron chi connectivity index (χ2n) is 7.53. The van der Waals surface area contributed by atoms with Crippen molar-refractivity contribution in [3.8, 4) is 5.69 Å². The summed E-state index contributed by atoms with van der Waals surface area (Å²) in [6.45, 7) is 4.11. The minimum Gasteiger partial charge on any atom is -1.00 e. The molecule has 0 spiro atoms. The lowest BCUT2D eigenvalue weighted by molar-refractivity contribution is -0.597. The van der Waals surface area contributed by atoms with Crippen molar-refractivity contribution in [2.75, 3.05) is 5.73 Å².